The first-order chi connectivity index (χ1) is 24.3. The van der Waals surface area contributed by atoms with Crippen LogP contribution < -0.4 is 4.90 Å². The zero-order chi connectivity index (χ0) is 32.3. The Balaban J connectivity index is 1.27. The van der Waals surface area contributed by atoms with Crippen molar-refractivity contribution in [3.63, 3.8) is 0 Å². The predicted octanol–water partition coefficient (Wildman–Crippen LogP) is 13.2. The highest BCUT2D eigenvalue weighted by molar-refractivity contribution is 7.20. The molecule has 7 aromatic carbocycles. The lowest BCUT2D eigenvalue weighted by atomic mass is 9.99. The van der Waals surface area contributed by atoms with Gasteiger partial charge in [0, 0.05) is 42.8 Å². The van der Waals surface area contributed by atoms with Gasteiger partial charge in [-0.3, -0.25) is 0 Å². The van der Waals surface area contributed by atoms with E-state index in [2.05, 4.69) is 179 Å². The van der Waals surface area contributed by atoms with Crippen molar-refractivity contribution in [1.82, 2.24) is 4.57 Å². The van der Waals surface area contributed by atoms with Crippen molar-refractivity contribution in [2.24, 2.45) is 0 Å². The van der Waals surface area contributed by atoms with E-state index < -0.39 is 0 Å². The molecule has 3 heteroatoms. The second-order valence-electron chi connectivity index (χ2n) is 12.9. The van der Waals surface area contributed by atoms with Crippen LogP contribution >= 0.6 is 11.3 Å². The van der Waals surface area contributed by atoms with Crippen molar-refractivity contribution < 1.29 is 0 Å². The van der Waals surface area contributed by atoms with E-state index >= 15 is 0 Å². The third kappa shape index (κ3) is 4.62. The van der Waals surface area contributed by atoms with Gasteiger partial charge < -0.3 is 9.47 Å². The summed E-state index contributed by atoms with van der Waals surface area (Å²) in [5, 5.41) is 6.32. The number of anilines is 3. The maximum absolute atomic E-state index is 2.48. The molecule has 10 rings (SSSR count). The first kappa shape index (κ1) is 28.1. The largest absolute Gasteiger partial charge is 0.310 e. The van der Waals surface area contributed by atoms with E-state index in [1.165, 1.54) is 64.2 Å². The minimum Gasteiger partial charge on any atom is -0.310 e. The van der Waals surface area contributed by atoms with Crippen LogP contribution in [-0.4, -0.2) is 4.57 Å². The van der Waals surface area contributed by atoms with Crippen LogP contribution in [0.2, 0.25) is 0 Å². The van der Waals surface area contributed by atoms with E-state index in [0.29, 0.717) is 0 Å². The molecular formula is C46H32N2S. The summed E-state index contributed by atoms with van der Waals surface area (Å²) < 4.78 is 3.78. The summed E-state index contributed by atoms with van der Waals surface area (Å²) in [7, 11) is 0. The third-order valence-corrected chi connectivity index (χ3v) is 11.2. The van der Waals surface area contributed by atoms with E-state index in [-0.39, 0.29) is 0 Å². The highest BCUT2D eigenvalue weighted by atomic mass is 32.1. The molecule has 0 aliphatic heterocycles. The molecule has 0 saturated carbocycles. The van der Waals surface area contributed by atoms with Crippen molar-refractivity contribution in [3.05, 3.63) is 174 Å². The SMILES string of the molecule is C1=Cc2sc3ccc(N(c4cccc(-c5ccccc5)c4)c4cc(-n5c6ccccc6c6ccccc65)cc5ccccc45)cc3c2CC1. The summed E-state index contributed by atoms with van der Waals surface area (Å²) in [5.41, 5.74) is 10.9. The Labute approximate surface area is 289 Å². The molecule has 49 heavy (non-hydrogen) atoms. The number of nitrogens with zero attached hydrogens (tertiary/aromatic N) is 2. The number of allylic oxidation sites excluding steroid dienone is 1. The highest BCUT2D eigenvalue weighted by Crippen LogP contribution is 2.45. The number of hydrogen-bond donors (Lipinski definition) is 0. The maximum Gasteiger partial charge on any atom is 0.0560 e. The number of fused-ring (bicyclic) bond motifs is 7. The minimum absolute atomic E-state index is 1.09. The number of para-hydroxylation sites is 2. The summed E-state index contributed by atoms with van der Waals surface area (Å²) >= 11 is 1.91. The van der Waals surface area contributed by atoms with E-state index in [4.69, 9.17) is 0 Å². The molecule has 0 amide bonds. The predicted molar refractivity (Wildman–Crippen MR) is 211 cm³/mol. The lowest BCUT2D eigenvalue weighted by Crippen LogP contribution is -2.11. The molecule has 0 radical (unpaired) electrons. The number of hydrogen-bond acceptors (Lipinski definition) is 2. The molecule has 0 spiro atoms. The molecule has 0 atom stereocenters. The molecule has 2 nitrogen and oxygen atoms in total. The van der Waals surface area contributed by atoms with Crippen molar-refractivity contribution in [3.8, 4) is 16.8 Å². The van der Waals surface area contributed by atoms with E-state index in [0.717, 1.165) is 35.6 Å². The molecule has 1 aliphatic rings. The molecule has 0 unspecified atom stereocenters. The van der Waals surface area contributed by atoms with Crippen molar-refractivity contribution in [2.45, 2.75) is 12.8 Å². The fourth-order valence-electron chi connectivity index (χ4n) is 7.78. The molecule has 232 valence electrons. The molecule has 0 fully saturated rings. The Morgan fingerprint density at radius 1 is 0.531 bits per heavy atom. The number of thiophene rings is 1. The fourth-order valence-corrected chi connectivity index (χ4v) is 8.94. The van der Waals surface area contributed by atoms with E-state index in [1.807, 2.05) is 11.3 Å². The lowest BCUT2D eigenvalue weighted by molar-refractivity contribution is 1.01. The van der Waals surface area contributed by atoms with Gasteiger partial charge in [0.15, 0.2) is 0 Å². The van der Waals surface area contributed by atoms with Crippen LogP contribution in [0.3, 0.4) is 0 Å². The first-order valence-electron chi connectivity index (χ1n) is 17.0. The smallest absolute Gasteiger partial charge is 0.0560 e. The van der Waals surface area contributed by atoms with Crippen molar-refractivity contribution in [2.75, 3.05) is 4.90 Å². The standard InChI is InChI=1S/C46H32N2S/c1-2-13-31(14-3-1)32-16-12-17-34(27-32)47(35-25-26-46-41(29-35)40-21-8-11-24-45(40)49-46)44-30-36(28-33-15-4-5-18-37(33)44)48-42-22-9-6-19-38(42)39-20-7-10-23-43(39)48/h1-7,9-20,22-30H,8,21H2. The van der Waals surface area contributed by atoms with Gasteiger partial charge in [-0.05, 0) is 101 Å². The average molecular weight is 645 g/mol. The molecule has 2 heterocycles. The molecule has 0 N–H and O–H groups in total. The normalized spacial score (nSPS) is 12.7. The second kappa shape index (κ2) is 11.4. The minimum atomic E-state index is 1.09. The fraction of sp³-hybridized carbons (Fsp3) is 0.0435. The van der Waals surface area contributed by atoms with Crippen LogP contribution in [0.1, 0.15) is 16.9 Å². The number of benzene rings is 7. The average Bonchev–Trinajstić information content (AvgIpc) is 3.71. The highest BCUT2D eigenvalue weighted by Gasteiger charge is 2.21. The molecular weight excluding hydrogens is 613 g/mol. The van der Waals surface area contributed by atoms with Gasteiger partial charge in [0.2, 0.25) is 0 Å². The molecule has 2 aromatic heterocycles. The van der Waals surface area contributed by atoms with Gasteiger partial charge in [0.05, 0.1) is 16.7 Å². The Morgan fingerprint density at radius 2 is 1.22 bits per heavy atom. The summed E-state index contributed by atoms with van der Waals surface area (Å²) in [6.07, 6.45) is 6.81. The van der Waals surface area contributed by atoms with Crippen LogP contribution in [0.15, 0.2) is 164 Å². The maximum atomic E-state index is 2.48. The second-order valence-corrected chi connectivity index (χ2v) is 14.0. The van der Waals surface area contributed by atoms with Gasteiger partial charge in [-0.25, -0.2) is 0 Å². The number of aromatic nitrogens is 1. The van der Waals surface area contributed by atoms with Crippen LogP contribution in [0, 0.1) is 0 Å². The summed E-state index contributed by atoms with van der Waals surface area (Å²) in [5.74, 6) is 0. The first-order valence-corrected chi connectivity index (χ1v) is 17.8. The summed E-state index contributed by atoms with van der Waals surface area (Å²) in [6, 6.07) is 57.9. The Kier molecular flexibility index (Phi) is 6.53. The van der Waals surface area contributed by atoms with Gasteiger partial charge in [-0.2, -0.15) is 0 Å². The van der Waals surface area contributed by atoms with Crippen LogP contribution in [0.5, 0.6) is 0 Å². The van der Waals surface area contributed by atoms with Gasteiger partial charge in [-0.15, -0.1) is 11.3 Å². The molecule has 9 aromatic rings. The monoisotopic (exact) mass is 644 g/mol. The molecule has 0 saturated heterocycles. The quantitative estimate of drug-likeness (QED) is 0.181. The van der Waals surface area contributed by atoms with Gasteiger partial charge >= 0.3 is 0 Å². The molecule has 1 aliphatic carbocycles. The number of rotatable bonds is 5. The van der Waals surface area contributed by atoms with Crippen LogP contribution in [-0.2, 0) is 6.42 Å². The van der Waals surface area contributed by atoms with Gasteiger partial charge in [0.1, 0.15) is 0 Å². The number of aryl methyl sites for hydroxylation is 1. The van der Waals surface area contributed by atoms with E-state index in [1.54, 1.807) is 0 Å². The Bertz CT molecular complexity index is 2680. The summed E-state index contributed by atoms with van der Waals surface area (Å²) in [6.45, 7) is 0. The van der Waals surface area contributed by atoms with Crippen LogP contribution in [0.4, 0.5) is 17.1 Å². The van der Waals surface area contributed by atoms with Gasteiger partial charge in [-0.1, -0.05) is 109 Å². The van der Waals surface area contributed by atoms with E-state index in [9.17, 15) is 0 Å². The zero-order valence-electron chi connectivity index (χ0n) is 26.9. The third-order valence-electron chi connectivity index (χ3n) is 10.0. The zero-order valence-corrected chi connectivity index (χ0v) is 27.7. The lowest BCUT2D eigenvalue weighted by Gasteiger charge is -2.28. The Morgan fingerprint density at radius 3 is 2.04 bits per heavy atom. The Hall–Kier alpha value is -5.90. The van der Waals surface area contributed by atoms with Crippen LogP contribution in [0.25, 0.3) is 65.6 Å². The van der Waals surface area contributed by atoms with Gasteiger partial charge in [0.25, 0.3) is 0 Å². The van der Waals surface area contributed by atoms with Crippen molar-refractivity contribution in [1.29, 1.82) is 0 Å². The van der Waals surface area contributed by atoms with Crippen molar-refractivity contribution >= 4 is 77.1 Å². The summed E-state index contributed by atoms with van der Waals surface area (Å²) in [4.78, 5) is 3.88. The topological polar surface area (TPSA) is 8.17 Å². The molecule has 0 bridgehead atoms.